The van der Waals surface area contributed by atoms with Crippen molar-refractivity contribution >= 4 is 11.1 Å². The highest BCUT2D eigenvalue weighted by atomic mass is 14.4. The second-order valence-corrected chi connectivity index (χ2v) is 13.2. The van der Waals surface area contributed by atoms with E-state index in [1.54, 1.807) is 0 Å². The van der Waals surface area contributed by atoms with Crippen LogP contribution >= 0.6 is 0 Å². The standard InChI is InChI=1S/C42H48/c1-11-12-27(6)40-29(8)20-38-23-36(31(10)41(38)42(40)34-17-15-33(16-18-34)25(2)3)22-32-13-14-35(21-32)37-19-28(7)30(9)39(24-37)26(4)5/h13-20,22,24-25,41-42H,4,6,10-12,21,23H2,1-3,5,7-9H3. The van der Waals surface area contributed by atoms with Gasteiger partial charge in [-0.05, 0) is 126 Å². The molecule has 2 unspecified atom stereocenters. The Bertz CT molecular complexity index is 1620. The van der Waals surface area contributed by atoms with Crippen molar-refractivity contribution < 1.29 is 0 Å². The minimum absolute atomic E-state index is 0.269. The molecule has 0 spiro atoms. The molecule has 3 aliphatic carbocycles. The van der Waals surface area contributed by atoms with Gasteiger partial charge in [-0.3, -0.25) is 0 Å². The van der Waals surface area contributed by atoms with Crippen LogP contribution in [0.3, 0.4) is 0 Å². The molecule has 1 saturated carbocycles. The molecule has 2 aromatic rings. The maximum Gasteiger partial charge on any atom is 0.0201 e. The summed E-state index contributed by atoms with van der Waals surface area (Å²) in [5, 5.41) is 0. The van der Waals surface area contributed by atoms with Crippen molar-refractivity contribution in [2.24, 2.45) is 5.92 Å². The lowest BCUT2D eigenvalue weighted by molar-refractivity contribution is 0.619. The summed E-state index contributed by atoms with van der Waals surface area (Å²) in [5.41, 5.74) is 20.1. The molecular weight excluding hydrogens is 504 g/mol. The molecule has 0 amide bonds. The Morgan fingerprint density at radius 3 is 2.33 bits per heavy atom. The smallest absolute Gasteiger partial charge is 0.0201 e. The highest BCUT2D eigenvalue weighted by Crippen LogP contribution is 2.55. The van der Waals surface area contributed by atoms with E-state index in [1.165, 1.54) is 78.0 Å². The van der Waals surface area contributed by atoms with Crippen LogP contribution in [-0.2, 0) is 0 Å². The predicted octanol–water partition coefficient (Wildman–Crippen LogP) is 12.1. The summed E-state index contributed by atoms with van der Waals surface area (Å²) in [6.45, 7) is 29.2. The number of rotatable bonds is 8. The predicted molar refractivity (Wildman–Crippen MR) is 185 cm³/mol. The number of benzene rings is 2. The van der Waals surface area contributed by atoms with E-state index in [0.29, 0.717) is 11.8 Å². The summed E-state index contributed by atoms with van der Waals surface area (Å²) in [4.78, 5) is 0. The van der Waals surface area contributed by atoms with Gasteiger partial charge in [0.15, 0.2) is 0 Å². The van der Waals surface area contributed by atoms with E-state index in [1.807, 2.05) is 0 Å². The van der Waals surface area contributed by atoms with Gasteiger partial charge < -0.3 is 0 Å². The molecule has 3 aliphatic rings. The minimum Gasteiger partial charge on any atom is -0.0955 e. The molecule has 1 fully saturated rings. The van der Waals surface area contributed by atoms with E-state index in [-0.39, 0.29) is 5.92 Å². The van der Waals surface area contributed by atoms with E-state index in [4.69, 9.17) is 6.58 Å². The molecule has 2 atom stereocenters. The fourth-order valence-corrected chi connectivity index (χ4v) is 7.27. The summed E-state index contributed by atoms with van der Waals surface area (Å²) < 4.78 is 0. The molecule has 0 aromatic heterocycles. The van der Waals surface area contributed by atoms with Crippen molar-refractivity contribution in [3.63, 3.8) is 0 Å². The Kier molecular flexibility index (Phi) is 8.47. The Balaban J connectivity index is 1.45. The lowest BCUT2D eigenvalue weighted by Crippen LogP contribution is -2.21. The summed E-state index contributed by atoms with van der Waals surface area (Å²) in [7, 11) is 0. The molecule has 216 valence electrons. The Morgan fingerprint density at radius 1 is 0.976 bits per heavy atom. The van der Waals surface area contributed by atoms with Crippen molar-refractivity contribution in [1.29, 1.82) is 0 Å². The van der Waals surface area contributed by atoms with Gasteiger partial charge in [-0.1, -0.05) is 118 Å². The summed E-state index contributed by atoms with van der Waals surface area (Å²) in [5.74, 6) is 1.09. The molecule has 0 aliphatic heterocycles. The lowest BCUT2D eigenvalue weighted by Gasteiger charge is -2.34. The monoisotopic (exact) mass is 552 g/mol. The zero-order valence-corrected chi connectivity index (χ0v) is 27.0. The Hall–Kier alpha value is -3.64. The highest BCUT2D eigenvalue weighted by Gasteiger charge is 2.41. The number of hydrogen-bond acceptors (Lipinski definition) is 0. The van der Waals surface area contributed by atoms with Crippen LogP contribution in [0.15, 0.2) is 119 Å². The van der Waals surface area contributed by atoms with Crippen molar-refractivity contribution in [2.75, 3.05) is 0 Å². The average molecular weight is 553 g/mol. The fraction of sp³-hybridized carbons (Fsp3) is 0.333. The van der Waals surface area contributed by atoms with Crippen LogP contribution in [0, 0.1) is 19.8 Å². The minimum atomic E-state index is 0.269. The summed E-state index contributed by atoms with van der Waals surface area (Å²) in [6, 6.07) is 14.0. The number of fused-ring (bicyclic) bond motifs is 1. The molecule has 0 bridgehead atoms. The van der Waals surface area contributed by atoms with Crippen molar-refractivity contribution in [3.8, 4) is 0 Å². The third kappa shape index (κ3) is 5.57. The van der Waals surface area contributed by atoms with Crippen LogP contribution in [0.4, 0.5) is 0 Å². The zero-order valence-electron chi connectivity index (χ0n) is 27.0. The third-order valence-electron chi connectivity index (χ3n) is 9.70. The average Bonchev–Trinajstić information content (AvgIpc) is 3.53. The van der Waals surface area contributed by atoms with Gasteiger partial charge in [0.2, 0.25) is 0 Å². The molecular formula is C42H48. The van der Waals surface area contributed by atoms with Gasteiger partial charge in [0, 0.05) is 11.8 Å². The van der Waals surface area contributed by atoms with Gasteiger partial charge in [-0.15, -0.1) is 0 Å². The van der Waals surface area contributed by atoms with Crippen LogP contribution in [0.1, 0.15) is 106 Å². The van der Waals surface area contributed by atoms with Crippen LogP contribution < -0.4 is 0 Å². The molecule has 0 N–H and O–H groups in total. The summed E-state index contributed by atoms with van der Waals surface area (Å²) >= 11 is 0. The number of hydrogen-bond donors (Lipinski definition) is 0. The fourth-order valence-electron chi connectivity index (χ4n) is 7.27. The molecule has 0 heterocycles. The maximum absolute atomic E-state index is 4.76. The molecule has 0 heteroatoms. The van der Waals surface area contributed by atoms with Gasteiger partial charge in [-0.2, -0.15) is 0 Å². The van der Waals surface area contributed by atoms with Gasteiger partial charge >= 0.3 is 0 Å². The van der Waals surface area contributed by atoms with Gasteiger partial charge in [-0.25, -0.2) is 0 Å². The second-order valence-electron chi connectivity index (χ2n) is 13.2. The zero-order chi connectivity index (χ0) is 30.3. The Labute approximate surface area is 255 Å². The largest absolute Gasteiger partial charge is 0.0955 e. The van der Waals surface area contributed by atoms with Crippen molar-refractivity contribution in [3.05, 3.63) is 153 Å². The normalized spacial score (nSPS) is 21.1. The quantitative estimate of drug-likeness (QED) is 0.305. The molecule has 5 rings (SSSR count). The molecule has 0 saturated heterocycles. The number of allylic oxidation sites excluding steroid dienone is 13. The highest BCUT2D eigenvalue weighted by molar-refractivity contribution is 5.78. The van der Waals surface area contributed by atoms with Crippen LogP contribution in [0.5, 0.6) is 0 Å². The van der Waals surface area contributed by atoms with E-state index in [0.717, 1.165) is 31.3 Å². The molecule has 0 nitrogen and oxygen atoms in total. The first kappa shape index (κ1) is 29.8. The Morgan fingerprint density at radius 2 is 1.69 bits per heavy atom. The van der Waals surface area contributed by atoms with E-state index < -0.39 is 0 Å². The van der Waals surface area contributed by atoms with Gasteiger partial charge in [0.05, 0.1) is 0 Å². The van der Waals surface area contributed by atoms with Gasteiger partial charge in [0.25, 0.3) is 0 Å². The van der Waals surface area contributed by atoms with E-state index in [9.17, 15) is 0 Å². The first-order valence-corrected chi connectivity index (χ1v) is 15.8. The maximum atomic E-state index is 4.76. The van der Waals surface area contributed by atoms with Crippen molar-refractivity contribution in [1.82, 2.24) is 0 Å². The van der Waals surface area contributed by atoms with Crippen LogP contribution in [0.25, 0.3) is 11.1 Å². The molecule has 0 radical (unpaired) electrons. The lowest BCUT2D eigenvalue weighted by atomic mass is 9.69. The van der Waals surface area contributed by atoms with E-state index >= 15 is 0 Å². The van der Waals surface area contributed by atoms with Crippen molar-refractivity contribution in [2.45, 2.75) is 86.0 Å². The van der Waals surface area contributed by atoms with E-state index in [2.05, 4.69) is 122 Å². The summed E-state index contributed by atoms with van der Waals surface area (Å²) in [6.07, 6.45) is 13.6. The second kappa shape index (κ2) is 11.9. The number of aryl methyl sites for hydroxylation is 1. The topological polar surface area (TPSA) is 0 Å². The van der Waals surface area contributed by atoms with Crippen LogP contribution in [0.2, 0.25) is 0 Å². The SMILES string of the molecule is C=C(CCC)C1=C(C)C=C2CC(=CC3=CC=C(c4cc(C)c(C)c(C(=C)C)c4)C3)C(=C)C2C1c1ccc(C(C)C)cc1. The van der Waals surface area contributed by atoms with Crippen LogP contribution in [-0.4, -0.2) is 0 Å². The first-order chi connectivity index (χ1) is 20.0. The molecule has 42 heavy (non-hydrogen) atoms. The molecule has 2 aromatic carbocycles. The first-order valence-electron chi connectivity index (χ1n) is 15.8. The third-order valence-corrected chi connectivity index (χ3v) is 9.70. The van der Waals surface area contributed by atoms with Gasteiger partial charge in [0.1, 0.15) is 0 Å².